The first-order chi connectivity index (χ1) is 8.56. The SMILES string of the molecule is O=C(Nc1ccc(Br)cc1Br)c1ccnc(Br)c1. The second kappa shape index (κ2) is 5.95. The van der Waals surface area contributed by atoms with Crippen LogP contribution in [0.2, 0.25) is 0 Å². The molecule has 0 aliphatic rings. The number of pyridine rings is 1. The quantitative estimate of drug-likeness (QED) is 0.701. The highest BCUT2D eigenvalue weighted by Crippen LogP contribution is 2.26. The number of amides is 1. The highest BCUT2D eigenvalue weighted by Gasteiger charge is 2.09. The minimum atomic E-state index is -0.180. The maximum absolute atomic E-state index is 12.0. The Hall–Kier alpha value is -0.720. The van der Waals surface area contributed by atoms with E-state index in [4.69, 9.17) is 0 Å². The van der Waals surface area contributed by atoms with Gasteiger partial charge in [-0.15, -0.1) is 0 Å². The molecule has 1 aromatic heterocycles. The summed E-state index contributed by atoms with van der Waals surface area (Å²) in [4.78, 5) is 16.0. The number of rotatable bonds is 2. The van der Waals surface area contributed by atoms with Crippen LogP contribution in [0.3, 0.4) is 0 Å². The van der Waals surface area contributed by atoms with Crippen molar-refractivity contribution in [3.63, 3.8) is 0 Å². The van der Waals surface area contributed by atoms with Crippen molar-refractivity contribution < 1.29 is 4.79 Å². The normalized spacial score (nSPS) is 10.2. The van der Waals surface area contributed by atoms with E-state index in [0.717, 1.165) is 14.6 Å². The van der Waals surface area contributed by atoms with E-state index in [9.17, 15) is 4.79 Å². The monoisotopic (exact) mass is 432 g/mol. The van der Waals surface area contributed by atoms with Crippen LogP contribution >= 0.6 is 47.8 Å². The molecular weight excluding hydrogens is 428 g/mol. The molecule has 0 saturated heterocycles. The summed E-state index contributed by atoms with van der Waals surface area (Å²) in [6.07, 6.45) is 1.58. The predicted octanol–water partition coefficient (Wildman–Crippen LogP) is 4.62. The highest BCUT2D eigenvalue weighted by molar-refractivity contribution is 9.11. The molecule has 3 nitrogen and oxygen atoms in total. The molecule has 1 aromatic carbocycles. The molecule has 18 heavy (non-hydrogen) atoms. The van der Waals surface area contributed by atoms with Crippen LogP contribution in [-0.2, 0) is 0 Å². The number of nitrogens with zero attached hydrogens (tertiary/aromatic N) is 1. The molecule has 0 spiro atoms. The summed E-state index contributed by atoms with van der Waals surface area (Å²) < 4.78 is 2.39. The Balaban J connectivity index is 2.21. The number of aromatic nitrogens is 1. The lowest BCUT2D eigenvalue weighted by molar-refractivity contribution is 0.102. The summed E-state index contributed by atoms with van der Waals surface area (Å²) >= 11 is 9.99. The number of hydrogen-bond acceptors (Lipinski definition) is 2. The molecule has 0 fully saturated rings. The molecule has 1 N–H and O–H groups in total. The summed E-state index contributed by atoms with van der Waals surface area (Å²) in [6, 6.07) is 8.89. The van der Waals surface area contributed by atoms with Crippen molar-refractivity contribution in [2.45, 2.75) is 0 Å². The lowest BCUT2D eigenvalue weighted by atomic mass is 10.2. The predicted molar refractivity (Wildman–Crippen MR) is 81.7 cm³/mol. The van der Waals surface area contributed by atoms with Gasteiger partial charge in [0.15, 0.2) is 0 Å². The highest BCUT2D eigenvalue weighted by atomic mass is 79.9. The van der Waals surface area contributed by atoms with Gasteiger partial charge in [0.2, 0.25) is 0 Å². The fourth-order valence-corrected chi connectivity index (χ4v) is 2.84. The number of carbonyl (C=O) groups is 1. The lowest BCUT2D eigenvalue weighted by Gasteiger charge is -2.07. The minimum Gasteiger partial charge on any atom is -0.321 e. The van der Waals surface area contributed by atoms with E-state index >= 15 is 0 Å². The average molecular weight is 435 g/mol. The number of halogens is 3. The van der Waals surface area contributed by atoms with Gasteiger partial charge >= 0.3 is 0 Å². The topological polar surface area (TPSA) is 42.0 Å². The summed E-state index contributed by atoms with van der Waals surface area (Å²) in [5.74, 6) is -0.180. The average Bonchev–Trinajstić information content (AvgIpc) is 2.32. The second-order valence-electron chi connectivity index (χ2n) is 3.45. The third-order valence-corrected chi connectivity index (χ3v) is 3.75. The van der Waals surface area contributed by atoms with Crippen LogP contribution in [0.4, 0.5) is 5.69 Å². The molecule has 0 aliphatic carbocycles. The summed E-state index contributed by atoms with van der Waals surface area (Å²) in [5.41, 5.74) is 1.27. The lowest BCUT2D eigenvalue weighted by Crippen LogP contribution is -2.12. The van der Waals surface area contributed by atoms with Gasteiger partial charge in [0, 0.05) is 20.7 Å². The van der Waals surface area contributed by atoms with Crippen molar-refractivity contribution in [2.24, 2.45) is 0 Å². The van der Waals surface area contributed by atoms with Gasteiger partial charge in [0.25, 0.3) is 5.91 Å². The van der Waals surface area contributed by atoms with Gasteiger partial charge < -0.3 is 5.32 Å². The van der Waals surface area contributed by atoms with Gasteiger partial charge in [-0.25, -0.2) is 4.98 Å². The smallest absolute Gasteiger partial charge is 0.255 e. The summed E-state index contributed by atoms with van der Waals surface area (Å²) in [5, 5.41) is 2.83. The molecule has 6 heteroatoms. The van der Waals surface area contributed by atoms with Gasteiger partial charge in [-0.1, -0.05) is 15.9 Å². The number of carbonyl (C=O) groups excluding carboxylic acids is 1. The van der Waals surface area contributed by atoms with Crippen LogP contribution in [0.1, 0.15) is 10.4 Å². The van der Waals surface area contributed by atoms with E-state index in [0.29, 0.717) is 10.2 Å². The van der Waals surface area contributed by atoms with Crippen LogP contribution in [-0.4, -0.2) is 10.9 Å². The Morgan fingerprint density at radius 2 is 1.89 bits per heavy atom. The van der Waals surface area contributed by atoms with Crippen LogP contribution < -0.4 is 5.32 Å². The molecule has 0 saturated carbocycles. The number of benzene rings is 1. The molecule has 0 aliphatic heterocycles. The molecule has 0 unspecified atom stereocenters. The Bertz CT molecular complexity index is 602. The zero-order valence-electron chi connectivity index (χ0n) is 8.95. The number of hydrogen-bond donors (Lipinski definition) is 1. The Morgan fingerprint density at radius 3 is 2.56 bits per heavy atom. The molecule has 2 rings (SSSR count). The van der Waals surface area contributed by atoms with E-state index in [1.54, 1.807) is 18.3 Å². The third-order valence-electron chi connectivity index (χ3n) is 2.17. The second-order valence-corrected chi connectivity index (χ2v) is 6.03. The van der Waals surface area contributed by atoms with Gasteiger partial charge in [-0.3, -0.25) is 4.79 Å². The van der Waals surface area contributed by atoms with Crippen molar-refractivity contribution in [3.05, 3.63) is 55.6 Å². The molecule has 0 atom stereocenters. The maximum Gasteiger partial charge on any atom is 0.255 e. The van der Waals surface area contributed by atoms with Crippen LogP contribution in [0.25, 0.3) is 0 Å². The molecule has 0 radical (unpaired) electrons. The first-order valence-electron chi connectivity index (χ1n) is 4.94. The largest absolute Gasteiger partial charge is 0.321 e. The first kappa shape index (κ1) is 13.7. The van der Waals surface area contributed by atoms with Crippen LogP contribution in [0.15, 0.2) is 50.1 Å². The molecule has 2 aromatic rings. The van der Waals surface area contributed by atoms with Gasteiger partial charge in [0.1, 0.15) is 4.60 Å². The minimum absolute atomic E-state index is 0.180. The van der Waals surface area contributed by atoms with Gasteiger partial charge in [-0.2, -0.15) is 0 Å². The molecule has 1 heterocycles. The fraction of sp³-hybridized carbons (Fsp3) is 0. The number of anilines is 1. The maximum atomic E-state index is 12.0. The van der Waals surface area contributed by atoms with Crippen molar-refractivity contribution in [1.29, 1.82) is 0 Å². The van der Waals surface area contributed by atoms with E-state index < -0.39 is 0 Å². The zero-order valence-corrected chi connectivity index (χ0v) is 13.7. The Kier molecular flexibility index (Phi) is 4.53. The van der Waals surface area contributed by atoms with Crippen molar-refractivity contribution in [1.82, 2.24) is 4.98 Å². The standard InChI is InChI=1S/C12H7Br3N2O/c13-8-1-2-10(9(14)6-8)17-12(18)7-3-4-16-11(15)5-7/h1-6H,(H,17,18). The van der Waals surface area contributed by atoms with Gasteiger partial charge in [-0.05, 0) is 62.2 Å². The summed E-state index contributed by atoms with van der Waals surface area (Å²) in [6.45, 7) is 0. The van der Waals surface area contributed by atoms with Crippen molar-refractivity contribution >= 4 is 59.4 Å². The van der Waals surface area contributed by atoms with Crippen LogP contribution in [0.5, 0.6) is 0 Å². The molecule has 92 valence electrons. The number of nitrogens with one attached hydrogen (secondary N) is 1. The van der Waals surface area contributed by atoms with E-state index in [-0.39, 0.29) is 5.91 Å². The molecule has 0 bridgehead atoms. The Labute approximate surface area is 129 Å². The Morgan fingerprint density at radius 1 is 1.11 bits per heavy atom. The molecule has 1 amide bonds. The zero-order chi connectivity index (χ0) is 13.1. The van der Waals surface area contributed by atoms with Gasteiger partial charge in [0.05, 0.1) is 5.69 Å². The van der Waals surface area contributed by atoms with E-state index in [1.165, 1.54) is 0 Å². The van der Waals surface area contributed by atoms with Crippen molar-refractivity contribution in [2.75, 3.05) is 5.32 Å². The first-order valence-corrected chi connectivity index (χ1v) is 7.32. The molecular formula is C12H7Br3N2O. The third kappa shape index (κ3) is 3.40. The van der Waals surface area contributed by atoms with Crippen LogP contribution in [0, 0.1) is 0 Å². The summed E-state index contributed by atoms with van der Waals surface area (Å²) in [7, 11) is 0. The fourth-order valence-electron chi connectivity index (χ4n) is 1.33. The van der Waals surface area contributed by atoms with Crippen molar-refractivity contribution in [3.8, 4) is 0 Å². The van der Waals surface area contributed by atoms with E-state index in [1.807, 2.05) is 18.2 Å². The van der Waals surface area contributed by atoms with E-state index in [2.05, 4.69) is 58.1 Å².